The number of piperazine rings is 1. The summed E-state index contributed by atoms with van der Waals surface area (Å²) in [5.74, 6) is 1.11. The van der Waals surface area contributed by atoms with Crippen LogP contribution in [0.4, 0.5) is 5.95 Å². The molecular weight excluding hydrogens is 260 g/mol. The molecule has 0 unspecified atom stereocenters. The number of aryl methyl sites for hydroxylation is 1. The van der Waals surface area contributed by atoms with Gasteiger partial charge in [-0.05, 0) is 11.4 Å². The largest absolute Gasteiger partial charge is 0.339 e. The molecule has 0 aliphatic carbocycles. The van der Waals surface area contributed by atoms with E-state index in [4.69, 9.17) is 0 Å². The van der Waals surface area contributed by atoms with E-state index in [1.54, 1.807) is 17.5 Å². The van der Waals surface area contributed by atoms with Crippen LogP contribution in [0.15, 0.2) is 29.2 Å². The van der Waals surface area contributed by atoms with Gasteiger partial charge < -0.3 is 14.4 Å². The van der Waals surface area contributed by atoms with Crippen LogP contribution in [0.1, 0.15) is 10.4 Å². The molecule has 1 saturated heterocycles. The highest BCUT2D eigenvalue weighted by Crippen LogP contribution is 2.15. The van der Waals surface area contributed by atoms with E-state index in [9.17, 15) is 4.79 Å². The summed E-state index contributed by atoms with van der Waals surface area (Å²) >= 11 is 1.56. The van der Waals surface area contributed by atoms with Crippen LogP contribution in [-0.2, 0) is 7.05 Å². The number of carbonyl (C=O) groups is 1. The lowest BCUT2D eigenvalue weighted by atomic mass is 10.2. The van der Waals surface area contributed by atoms with Gasteiger partial charge in [0.2, 0.25) is 5.95 Å². The van der Waals surface area contributed by atoms with Crippen molar-refractivity contribution < 1.29 is 4.79 Å². The summed E-state index contributed by atoms with van der Waals surface area (Å²) in [4.78, 5) is 20.7. The first-order valence-corrected chi connectivity index (χ1v) is 7.24. The molecule has 19 heavy (non-hydrogen) atoms. The third-order valence-electron chi connectivity index (χ3n) is 3.41. The van der Waals surface area contributed by atoms with Gasteiger partial charge in [0.25, 0.3) is 5.91 Å². The first kappa shape index (κ1) is 12.2. The molecule has 0 aromatic carbocycles. The van der Waals surface area contributed by atoms with E-state index in [1.807, 2.05) is 39.5 Å². The lowest BCUT2D eigenvalue weighted by Gasteiger charge is -2.35. The highest BCUT2D eigenvalue weighted by molar-refractivity contribution is 7.08. The first-order valence-electron chi connectivity index (χ1n) is 6.29. The van der Waals surface area contributed by atoms with Crippen LogP contribution in [0.5, 0.6) is 0 Å². The number of imidazole rings is 1. The fraction of sp³-hybridized carbons (Fsp3) is 0.385. The summed E-state index contributed by atoms with van der Waals surface area (Å²) in [5.41, 5.74) is 0.801. The summed E-state index contributed by atoms with van der Waals surface area (Å²) in [6.07, 6.45) is 3.75. The van der Waals surface area contributed by atoms with E-state index in [2.05, 4.69) is 9.88 Å². The molecule has 0 bridgehead atoms. The zero-order valence-electron chi connectivity index (χ0n) is 10.8. The minimum atomic E-state index is 0.140. The van der Waals surface area contributed by atoms with Crippen LogP contribution in [0.25, 0.3) is 0 Å². The normalized spacial score (nSPS) is 15.8. The number of amides is 1. The molecule has 0 saturated carbocycles. The number of thiophene rings is 1. The number of anilines is 1. The maximum Gasteiger partial charge on any atom is 0.254 e. The minimum absolute atomic E-state index is 0.140. The molecule has 2 aromatic heterocycles. The molecule has 1 aliphatic heterocycles. The van der Waals surface area contributed by atoms with Gasteiger partial charge in [-0.15, -0.1) is 0 Å². The molecule has 1 fully saturated rings. The number of aromatic nitrogens is 2. The lowest BCUT2D eigenvalue weighted by molar-refractivity contribution is 0.0746. The Balaban J connectivity index is 1.64. The molecule has 0 spiro atoms. The first-order chi connectivity index (χ1) is 9.25. The minimum Gasteiger partial charge on any atom is -0.339 e. The third kappa shape index (κ3) is 2.35. The van der Waals surface area contributed by atoms with Crippen molar-refractivity contribution in [3.05, 3.63) is 34.8 Å². The predicted molar refractivity (Wildman–Crippen MR) is 75.6 cm³/mol. The Kier molecular flexibility index (Phi) is 3.25. The Hall–Kier alpha value is -1.82. The lowest BCUT2D eigenvalue weighted by Crippen LogP contribution is -2.49. The van der Waals surface area contributed by atoms with Crippen LogP contribution < -0.4 is 4.90 Å². The van der Waals surface area contributed by atoms with E-state index in [0.717, 1.165) is 37.7 Å². The predicted octanol–water partition coefficient (Wildman–Crippen LogP) is 1.44. The molecule has 5 nitrogen and oxygen atoms in total. The van der Waals surface area contributed by atoms with Crippen molar-refractivity contribution in [3.63, 3.8) is 0 Å². The van der Waals surface area contributed by atoms with Crippen molar-refractivity contribution >= 4 is 23.2 Å². The van der Waals surface area contributed by atoms with Gasteiger partial charge >= 0.3 is 0 Å². The Morgan fingerprint density at radius 1 is 1.32 bits per heavy atom. The quantitative estimate of drug-likeness (QED) is 0.833. The highest BCUT2D eigenvalue weighted by Gasteiger charge is 2.23. The fourth-order valence-corrected chi connectivity index (χ4v) is 2.97. The van der Waals surface area contributed by atoms with E-state index >= 15 is 0 Å². The second kappa shape index (κ2) is 5.05. The number of rotatable bonds is 2. The molecule has 100 valence electrons. The monoisotopic (exact) mass is 276 g/mol. The molecule has 0 atom stereocenters. The fourth-order valence-electron chi connectivity index (χ4n) is 2.34. The zero-order valence-corrected chi connectivity index (χ0v) is 11.6. The van der Waals surface area contributed by atoms with Crippen LogP contribution in [0.3, 0.4) is 0 Å². The van der Waals surface area contributed by atoms with E-state index < -0.39 is 0 Å². The van der Waals surface area contributed by atoms with Gasteiger partial charge in [0, 0.05) is 51.0 Å². The van der Waals surface area contributed by atoms with Crippen molar-refractivity contribution in [3.8, 4) is 0 Å². The molecule has 6 heteroatoms. The van der Waals surface area contributed by atoms with Crippen molar-refractivity contribution in [2.24, 2.45) is 7.05 Å². The number of hydrogen-bond acceptors (Lipinski definition) is 4. The van der Waals surface area contributed by atoms with Crippen LogP contribution >= 0.6 is 11.3 Å². The number of nitrogens with zero attached hydrogens (tertiary/aromatic N) is 4. The van der Waals surface area contributed by atoms with Crippen LogP contribution in [0, 0.1) is 0 Å². The standard InChI is InChI=1S/C13H16N4OS/c1-15-4-3-14-13(15)17-7-5-16(6-8-17)12(18)11-2-9-19-10-11/h2-4,9-10H,5-8H2,1H3. The topological polar surface area (TPSA) is 41.4 Å². The zero-order chi connectivity index (χ0) is 13.2. The molecule has 2 aromatic rings. The van der Waals surface area contributed by atoms with Gasteiger partial charge in [0.15, 0.2) is 0 Å². The van der Waals surface area contributed by atoms with Gasteiger partial charge in [-0.1, -0.05) is 0 Å². The van der Waals surface area contributed by atoms with Crippen molar-refractivity contribution in [2.45, 2.75) is 0 Å². The Morgan fingerprint density at radius 3 is 2.68 bits per heavy atom. The van der Waals surface area contributed by atoms with Gasteiger partial charge in [-0.3, -0.25) is 4.79 Å². The van der Waals surface area contributed by atoms with Crippen molar-refractivity contribution in [2.75, 3.05) is 31.1 Å². The van der Waals surface area contributed by atoms with E-state index in [0.29, 0.717) is 0 Å². The van der Waals surface area contributed by atoms with Crippen LogP contribution in [-0.4, -0.2) is 46.5 Å². The Bertz CT molecular complexity index is 555. The SMILES string of the molecule is Cn1ccnc1N1CCN(C(=O)c2ccsc2)CC1. The molecule has 0 N–H and O–H groups in total. The molecule has 1 amide bonds. The summed E-state index contributed by atoms with van der Waals surface area (Å²) in [6, 6.07) is 1.89. The average Bonchev–Trinajstić information content (AvgIpc) is 3.09. The summed E-state index contributed by atoms with van der Waals surface area (Å²) in [5, 5.41) is 3.85. The smallest absolute Gasteiger partial charge is 0.254 e. The summed E-state index contributed by atoms with van der Waals surface area (Å²) in [6.45, 7) is 3.17. The Morgan fingerprint density at radius 2 is 2.11 bits per heavy atom. The van der Waals surface area contributed by atoms with Crippen LogP contribution in [0.2, 0.25) is 0 Å². The van der Waals surface area contributed by atoms with Gasteiger partial charge in [0.1, 0.15) is 0 Å². The number of carbonyl (C=O) groups excluding carboxylic acids is 1. The maximum atomic E-state index is 12.2. The maximum absolute atomic E-state index is 12.2. The van der Waals surface area contributed by atoms with E-state index in [1.165, 1.54) is 0 Å². The molecule has 0 radical (unpaired) electrons. The molecular formula is C13H16N4OS. The second-order valence-electron chi connectivity index (χ2n) is 4.63. The van der Waals surface area contributed by atoms with E-state index in [-0.39, 0.29) is 5.91 Å². The molecule has 3 heterocycles. The highest BCUT2D eigenvalue weighted by atomic mass is 32.1. The molecule has 1 aliphatic rings. The summed E-state index contributed by atoms with van der Waals surface area (Å²) < 4.78 is 2.01. The average molecular weight is 276 g/mol. The van der Waals surface area contributed by atoms with Gasteiger partial charge in [0.05, 0.1) is 5.56 Å². The molecule has 3 rings (SSSR count). The van der Waals surface area contributed by atoms with Gasteiger partial charge in [-0.25, -0.2) is 4.98 Å². The Labute approximate surface area is 116 Å². The summed E-state index contributed by atoms with van der Waals surface area (Å²) in [7, 11) is 1.99. The number of hydrogen-bond donors (Lipinski definition) is 0. The third-order valence-corrected chi connectivity index (χ3v) is 4.10. The van der Waals surface area contributed by atoms with Crippen molar-refractivity contribution in [1.29, 1.82) is 0 Å². The second-order valence-corrected chi connectivity index (χ2v) is 5.41. The van der Waals surface area contributed by atoms with Crippen molar-refractivity contribution in [1.82, 2.24) is 14.5 Å². The van der Waals surface area contributed by atoms with Gasteiger partial charge in [-0.2, -0.15) is 11.3 Å².